The molecule has 7 nitrogen and oxygen atoms in total. The summed E-state index contributed by atoms with van der Waals surface area (Å²) in [6.45, 7) is 3.19. The second-order valence-electron chi connectivity index (χ2n) is 6.07. The molecule has 1 heterocycles. The van der Waals surface area contributed by atoms with Crippen LogP contribution in [0.3, 0.4) is 0 Å². The van der Waals surface area contributed by atoms with Gasteiger partial charge in [-0.2, -0.15) is 0 Å². The number of esters is 1. The molecule has 0 saturated carbocycles. The molecular formula is C16H21NO6S. The summed E-state index contributed by atoms with van der Waals surface area (Å²) in [5, 5.41) is 9.79. The zero-order valence-corrected chi connectivity index (χ0v) is 14.7. The number of rotatable bonds is 4. The highest BCUT2D eigenvalue weighted by atomic mass is 32.2. The standard InChI is InChI=1S/C16H21NO6S/c1-10-4-5-13(14(18)8-10)16(20)23-11(2)15(19)17(3)12-6-7-24(21,22)9-12/h4-5,8,11-12,18H,6-7,9H2,1-3H3/t11-,12-/m1/s1. The Morgan fingerprint density at radius 1 is 1.38 bits per heavy atom. The zero-order chi connectivity index (χ0) is 18.1. The van der Waals surface area contributed by atoms with Gasteiger partial charge in [0.15, 0.2) is 15.9 Å². The molecule has 1 aromatic rings. The second-order valence-corrected chi connectivity index (χ2v) is 8.30. The first-order valence-corrected chi connectivity index (χ1v) is 9.40. The highest BCUT2D eigenvalue weighted by Crippen LogP contribution is 2.21. The van der Waals surface area contributed by atoms with E-state index in [4.69, 9.17) is 4.74 Å². The van der Waals surface area contributed by atoms with E-state index < -0.39 is 33.9 Å². The van der Waals surface area contributed by atoms with Gasteiger partial charge in [-0.25, -0.2) is 13.2 Å². The van der Waals surface area contributed by atoms with E-state index in [1.54, 1.807) is 13.0 Å². The lowest BCUT2D eigenvalue weighted by atomic mass is 10.1. The number of amides is 1. The predicted octanol–water partition coefficient (Wildman–Crippen LogP) is 0.891. The summed E-state index contributed by atoms with van der Waals surface area (Å²) in [4.78, 5) is 25.7. The molecular weight excluding hydrogens is 334 g/mol. The van der Waals surface area contributed by atoms with Crippen LogP contribution in [0.4, 0.5) is 0 Å². The van der Waals surface area contributed by atoms with Crippen molar-refractivity contribution in [3.8, 4) is 5.75 Å². The molecule has 8 heteroatoms. The Hall–Kier alpha value is -2.09. The van der Waals surface area contributed by atoms with E-state index in [1.165, 1.54) is 31.0 Å². The maximum absolute atomic E-state index is 12.3. The van der Waals surface area contributed by atoms with Crippen molar-refractivity contribution in [2.75, 3.05) is 18.6 Å². The molecule has 1 saturated heterocycles. The van der Waals surface area contributed by atoms with Crippen LogP contribution in [0.25, 0.3) is 0 Å². The molecule has 1 amide bonds. The smallest absolute Gasteiger partial charge is 0.342 e. The van der Waals surface area contributed by atoms with Crippen LogP contribution in [0.5, 0.6) is 5.75 Å². The molecule has 1 aliphatic rings. The van der Waals surface area contributed by atoms with Crippen LogP contribution in [0.2, 0.25) is 0 Å². The number of aryl methyl sites for hydroxylation is 1. The topological polar surface area (TPSA) is 101 Å². The average Bonchev–Trinajstić information content (AvgIpc) is 2.85. The average molecular weight is 355 g/mol. The van der Waals surface area contributed by atoms with Crippen LogP contribution < -0.4 is 0 Å². The lowest BCUT2D eigenvalue weighted by Crippen LogP contribution is -2.44. The molecule has 1 fully saturated rings. The van der Waals surface area contributed by atoms with Crippen molar-refractivity contribution in [3.63, 3.8) is 0 Å². The van der Waals surface area contributed by atoms with E-state index in [0.29, 0.717) is 6.42 Å². The summed E-state index contributed by atoms with van der Waals surface area (Å²) in [5.41, 5.74) is 0.765. The lowest BCUT2D eigenvalue weighted by molar-refractivity contribution is -0.140. The molecule has 1 aliphatic heterocycles. The van der Waals surface area contributed by atoms with Crippen molar-refractivity contribution in [1.82, 2.24) is 4.90 Å². The van der Waals surface area contributed by atoms with Crippen molar-refractivity contribution in [2.24, 2.45) is 0 Å². The van der Waals surface area contributed by atoms with Gasteiger partial charge in [-0.3, -0.25) is 4.79 Å². The fourth-order valence-electron chi connectivity index (χ4n) is 2.64. The molecule has 0 bridgehead atoms. The maximum Gasteiger partial charge on any atom is 0.342 e. The SMILES string of the molecule is Cc1ccc(C(=O)O[C@H](C)C(=O)N(C)[C@@H]2CCS(=O)(=O)C2)c(O)c1. The molecule has 0 aromatic heterocycles. The zero-order valence-electron chi connectivity index (χ0n) is 13.9. The van der Waals surface area contributed by atoms with E-state index in [9.17, 15) is 23.1 Å². The van der Waals surface area contributed by atoms with E-state index in [-0.39, 0.29) is 22.8 Å². The number of likely N-dealkylation sites (N-methyl/N-ethyl adjacent to an activating group) is 1. The van der Waals surface area contributed by atoms with Gasteiger partial charge in [0, 0.05) is 13.1 Å². The van der Waals surface area contributed by atoms with Crippen molar-refractivity contribution in [1.29, 1.82) is 0 Å². The Balaban J connectivity index is 2.02. The minimum absolute atomic E-state index is 0.0219. The third-order valence-electron chi connectivity index (χ3n) is 4.11. The molecule has 0 spiro atoms. The Bertz CT molecular complexity index is 758. The van der Waals surface area contributed by atoms with Gasteiger partial charge in [0.2, 0.25) is 0 Å². The summed E-state index contributed by atoms with van der Waals surface area (Å²) >= 11 is 0. The number of phenols is 1. The number of ether oxygens (including phenoxy) is 1. The van der Waals surface area contributed by atoms with Crippen LogP contribution in [0.1, 0.15) is 29.3 Å². The van der Waals surface area contributed by atoms with Gasteiger partial charge in [0.25, 0.3) is 5.91 Å². The Morgan fingerprint density at radius 2 is 2.04 bits per heavy atom. The summed E-state index contributed by atoms with van der Waals surface area (Å²) in [7, 11) is -1.61. The number of benzene rings is 1. The van der Waals surface area contributed by atoms with Gasteiger partial charge < -0.3 is 14.7 Å². The van der Waals surface area contributed by atoms with Gasteiger partial charge in [0.1, 0.15) is 11.3 Å². The predicted molar refractivity (Wildman–Crippen MR) is 87.6 cm³/mol. The fourth-order valence-corrected chi connectivity index (χ4v) is 4.41. The number of phenolic OH excluding ortho intramolecular Hbond substituents is 1. The van der Waals surface area contributed by atoms with Crippen molar-refractivity contribution < 1.29 is 27.9 Å². The van der Waals surface area contributed by atoms with E-state index >= 15 is 0 Å². The summed E-state index contributed by atoms with van der Waals surface area (Å²) < 4.78 is 28.1. The third-order valence-corrected chi connectivity index (χ3v) is 5.86. The monoisotopic (exact) mass is 355 g/mol. The van der Waals surface area contributed by atoms with Crippen LogP contribution in [-0.4, -0.2) is 61.0 Å². The first-order chi connectivity index (χ1) is 11.1. The summed E-state index contributed by atoms with van der Waals surface area (Å²) in [5.74, 6) is -1.51. The van der Waals surface area contributed by atoms with Gasteiger partial charge in [-0.15, -0.1) is 0 Å². The minimum atomic E-state index is -3.11. The lowest BCUT2D eigenvalue weighted by Gasteiger charge is -2.26. The molecule has 132 valence electrons. The van der Waals surface area contributed by atoms with Gasteiger partial charge in [-0.1, -0.05) is 6.07 Å². The number of sulfone groups is 1. The molecule has 1 N–H and O–H groups in total. The van der Waals surface area contributed by atoms with Crippen molar-refractivity contribution in [2.45, 2.75) is 32.4 Å². The first kappa shape index (κ1) is 18.3. The molecule has 2 rings (SSSR count). The van der Waals surface area contributed by atoms with E-state index in [1.807, 2.05) is 0 Å². The number of hydrogen-bond donors (Lipinski definition) is 1. The Kier molecular flexibility index (Phi) is 5.17. The van der Waals surface area contributed by atoms with Crippen LogP contribution >= 0.6 is 0 Å². The molecule has 0 aliphatic carbocycles. The van der Waals surface area contributed by atoms with E-state index in [2.05, 4.69) is 0 Å². The molecule has 0 unspecified atom stereocenters. The third kappa shape index (κ3) is 4.05. The minimum Gasteiger partial charge on any atom is -0.507 e. The summed E-state index contributed by atoms with van der Waals surface area (Å²) in [6, 6.07) is 4.10. The quantitative estimate of drug-likeness (QED) is 0.805. The largest absolute Gasteiger partial charge is 0.507 e. The van der Waals surface area contributed by atoms with Gasteiger partial charge >= 0.3 is 5.97 Å². The highest BCUT2D eigenvalue weighted by Gasteiger charge is 2.35. The van der Waals surface area contributed by atoms with Crippen LogP contribution in [0, 0.1) is 6.92 Å². The normalized spacial score (nSPS) is 20.4. The summed E-state index contributed by atoms with van der Waals surface area (Å²) in [6.07, 6.45) is -0.698. The molecule has 24 heavy (non-hydrogen) atoms. The number of carbonyl (C=O) groups is 2. The number of aromatic hydroxyl groups is 1. The second kappa shape index (κ2) is 6.80. The van der Waals surface area contributed by atoms with E-state index in [0.717, 1.165) is 5.56 Å². The van der Waals surface area contributed by atoms with Gasteiger partial charge in [0.05, 0.1) is 11.5 Å². The first-order valence-electron chi connectivity index (χ1n) is 7.58. The molecule has 1 aromatic carbocycles. The number of carbonyl (C=O) groups excluding carboxylic acids is 2. The number of nitrogens with zero attached hydrogens (tertiary/aromatic N) is 1. The molecule has 0 radical (unpaired) electrons. The Morgan fingerprint density at radius 3 is 2.58 bits per heavy atom. The van der Waals surface area contributed by atoms with Crippen LogP contribution in [-0.2, 0) is 19.4 Å². The fraction of sp³-hybridized carbons (Fsp3) is 0.500. The Labute approximate surface area is 141 Å². The highest BCUT2D eigenvalue weighted by molar-refractivity contribution is 7.91. The van der Waals surface area contributed by atoms with Gasteiger partial charge in [-0.05, 0) is 38.0 Å². The van der Waals surface area contributed by atoms with Crippen molar-refractivity contribution >= 4 is 21.7 Å². The van der Waals surface area contributed by atoms with Crippen LogP contribution in [0.15, 0.2) is 18.2 Å². The maximum atomic E-state index is 12.3. The van der Waals surface area contributed by atoms with Crippen molar-refractivity contribution in [3.05, 3.63) is 29.3 Å². The number of hydrogen-bond acceptors (Lipinski definition) is 6. The molecule has 2 atom stereocenters.